The van der Waals surface area contributed by atoms with E-state index in [2.05, 4.69) is 5.32 Å². The molecule has 5 nitrogen and oxygen atoms in total. The monoisotopic (exact) mass is 389 g/mol. The molecular weight excluding hydrogens is 366 g/mol. The minimum atomic E-state index is -1.40. The van der Waals surface area contributed by atoms with Crippen LogP contribution in [-0.2, 0) is 10.4 Å². The molecule has 1 amide bonds. The average Bonchev–Trinajstić information content (AvgIpc) is 2.79. The topological polar surface area (TPSA) is 67.8 Å². The molecule has 4 rings (SSSR count). The van der Waals surface area contributed by atoms with E-state index in [1.165, 1.54) is 0 Å². The molecule has 5 heteroatoms. The summed E-state index contributed by atoms with van der Waals surface area (Å²) in [5.74, 6) is 0.819. The van der Waals surface area contributed by atoms with Crippen molar-refractivity contribution in [3.8, 4) is 11.5 Å². The first-order chi connectivity index (χ1) is 14.1. The maximum atomic E-state index is 12.9. The van der Waals surface area contributed by atoms with Gasteiger partial charge in [-0.25, -0.2) is 0 Å². The molecule has 1 aliphatic rings. The molecule has 2 atom stereocenters. The van der Waals surface area contributed by atoms with Gasteiger partial charge >= 0.3 is 0 Å². The maximum absolute atomic E-state index is 12.9. The Balaban J connectivity index is 1.58. The van der Waals surface area contributed by atoms with Gasteiger partial charge in [0.2, 0.25) is 6.10 Å². The summed E-state index contributed by atoms with van der Waals surface area (Å²) >= 11 is 0. The minimum Gasteiger partial charge on any atom is -0.485 e. The fraction of sp³-hybridized carbons (Fsp3) is 0.208. The molecular formula is C24H23NO4. The van der Waals surface area contributed by atoms with E-state index >= 15 is 0 Å². The Morgan fingerprint density at radius 3 is 2.03 bits per heavy atom. The number of carbonyl (C=O) groups excluding carboxylic acids is 1. The summed E-state index contributed by atoms with van der Waals surface area (Å²) < 4.78 is 11.4. The van der Waals surface area contributed by atoms with Crippen LogP contribution >= 0.6 is 0 Å². The first kappa shape index (κ1) is 19.0. The zero-order valence-corrected chi connectivity index (χ0v) is 16.1. The molecule has 0 bridgehead atoms. The van der Waals surface area contributed by atoms with Crippen molar-refractivity contribution in [2.75, 3.05) is 6.61 Å². The van der Waals surface area contributed by atoms with Gasteiger partial charge in [0.1, 0.15) is 12.2 Å². The van der Waals surface area contributed by atoms with Crippen LogP contribution in [0.4, 0.5) is 0 Å². The molecule has 0 aliphatic carbocycles. The van der Waals surface area contributed by atoms with Crippen molar-refractivity contribution in [3.05, 3.63) is 96.1 Å². The van der Waals surface area contributed by atoms with Crippen molar-refractivity contribution in [2.24, 2.45) is 0 Å². The fourth-order valence-electron chi connectivity index (χ4n) is 3.61. The molecule has 0 spiro atoms. The highest BCUT2D eigenvalue weighted by Crippen LogP contribution is 2.34. The van der Waals surface area contributed by atoms with E-state index in [0.717, 1.165) is 0 Å². The second-order valence-corrected chi connectivity index (χ2v) is 7.09. The largest absolute Gasteiger partial charge is 0.485 e. The van der Waals surface area contributed by atoms with Crippen LogP contribution in [0.15, 0.2) is 84.9 Å². The number of aliphatic hydroxyl groups is 1. The summed E-state index contributed by atoms with van der Waals surface area (Å²) in [4.78, 5) is 12.9. The molecule has 2 unspecified atom stereocenters. The van der Waals surface area contributed by atoms with Crippen LogP contribution in [0, 0.1) is 0 Å². The van der Waals surface area contributed by atoms with E-state index in [4.69, 9.17) is 9.47 Å². The van der Waals surface area contributed by atoms with Gasteiger partial charge in [-0.2, -0.15) is 0 Å². The summed E-state index contributed by atoms with van der Waals surface area (Å²) in [6.07, 6.45) is -0.789. The van der Waals surface area contributed by atoms with Crippen molar-refractivity contribution < 1.29 is 19.4 Å². The maximum Gasteiger partial charge on any atom is 0.265 e. The molecule has 3 aromatic rings. The first-order valence-electron chi connectivity index (χ1n) is 9.61. The van der Waals surface area contributed by atoms with Gasteiger partial charge in [0, 0.05) is 0 Å². The Kier molecular flexibility index (Phi) is 5.23. The second-order valence-electron chi connectivity index (χ2n) is 7.09. The van der Waals surface area contributed by atoms with Crippen LogP contribution in [0.2, 0.25) is 0 Å². The van der Waals surface area contributed by atoms with Crippen LogP contribution in [0.25, 0.3) is 0 Å². The standard InChI is InChI=1S/C24H23NO4/c1-17(25-23(26)22-16-28-20-14-8-9-15-21(20)29-22)24(27,18-10-4-2-5-11-18)19-12-6-3-7-13-19/h2-15,17,22,27H,16H2,1H3,(H,25,26). The van der Waals surface area contributed by atoms with Gasteiger partial charge in [-0.05, 0) is 30.2 Å². The summed E-state index contributed by atoms with van der Waals surface area (Å²) in [6, 6.07) is 25.3. The van der Waals surface area contributed by atoms with Gasteiger partial charge in [0.15, 0.2) is 11.5 Å². The van der Waals surface area contributed by atoms with Crippen molar-refractivity contribution in [2.45, 2.75) is 24.7 Å². The van der Waals surface area contributed by atoms with E-state index < -0.39 is 17.7 Å². The molecule has 0 saturated carbocycles. The van der Waals surface area contributed by atoms with Gasteiger partial charge < -0.3 is 19.9 Å². The Labute approximate surface area is 169 Å². The van der Waals surface area contributed by atoms with E-state index in [9.17, 15) is 9.90 Å². The number of carbonyl (C=O) groups is 1. The van der Waals surface area contributed by atoms with Crippen LogP contribution in [0.3, 0.4) is 0 Å². The number of ether oxygens (including phenoxy) is 2. The van der Waals surface area contributed by atoms with Crippen molar-refractivity contribution in [3.63, 3.8) is 0 Å². The van der Waals surface area contributed by atoms with E-state index in [-0.39, 0.29) is 12.5 Å². The molecule has 3 aromatic carbocycles. The van der Waals surface area contributed by atoms with Crippen LogP contribution in [-0.4, -0.2) is 29.8 Å². The molecule has 0 saturated heterocycles. The zero-order valence-electron chi connectivity index (χ0n) is 16.1. The highest BCUT2D eigenvalue weighted by Gasteiger charge is 2.40. The molecule has 2 N–H and O–H groups in total. The van der Waals surface area contributed by atoms with E-state index in [0.29, 0.717) is 22.6 Å². The van der Waals surface area contributed by atoms with Gasteiger partial charge in [0.05, 0.1) is 6.04 Å². The highest BCUT2D eigenvalue weighted by molar-refractivity contribution is 5.82. The van der Waals surface area contributed by atoms with Crippen LogP contribution in [0.5, 0.6) is 11.5 Å². The summed E-state index contributed by atoms with van der Waals surface area (Å²) in [5, 5.41) is 14.7. The van der Waals surface area contributed by atoms with Crippen molar-refractivity contribution in [1.82, 2.24) is 5.32 Å². The van der Waals surface area contributed by atoms with Gasteiger partial charge in [-0.3, -0.25) is 4.79 Å². The number of nitrogens with one attached hydrogen (secondary N) is 1. The third-order valence-corrected chi connectivity index (χ3v) is 5.21. The molecule has 1 aliphatic heterocycles. The Hall–Kier alpha value is -3.31. The number of para-hydroxylation sites is 2. The summed E-state index contributed by atoms with van der Waals surface area (Å²) in [5.41, 5.74) is 0.00123. The molecule has 29 heavy (non-hydrogen) atoms. The van der Waals surface area contributed by atoms with Crippen molar-refractivity contribution in [1.29, 1.82) is 0 Å². The van der Waals surface area contributed by atoms with E-state index in [1.807, 2.05) is 72.8 Å². The lowest BCUT2D eigenvalue weighted by Gasteiger charge is -2.36. The lowest BCUT2D eigenvalue weighted by Crippen LogP contribution is -2.54. The lowest BCUT2D eigenvalue weighted by molar-refractivity contribution is -0.132. The van der Waals surface area contributed by atoms with Gasteiger partial charge in [0.25, 0.3) is 5.91 Å². The van der Waals surface area contributed by atoms with Gasteiger partial charge in [-0.1, -0.05) is 72.8 Å². The van der Waals surface area contributed by atoms with Crippen LogP contribution in [0.1, 0.15) is 18.1 Å². The smallest absolute Gasteiger partial charge is 0.265 e. The molecule has 0 radical (unpaired) electrons. The Morgan fingerprint density at radius 2 is 1.45 bits per heavy atom. The number of fused-ring (bicyclic) bond motifs is 1. The molecule has 148 valence electrons. The minimum absolute atomic E-state index is 0.116. The molecule has 0 aromatic heterocycles. The van der Waals surface area contributed by atoms with Crippen molar-refractivity contribution >= 4 is 5.91 Å². The fourth-order valence-corrected chi connectivity index (χ4v) is 3.61. The van der Waals surface area contributed by atoms with Gasteiger partial charge in [-0.15, -0.1) is 0 Å². The van der Waals surface area contributed by atoms with Crippen LogP contribution < -0.4 is 14.8 Å². The Bertz CT molecular complexity index is 935. The highest BCUT2D eigenvalue weighted by atomic mass is 16.6. The third-order valence-electron chi connectivity index (χ3n) is 5.21. The molecule has 0 fully saturated rings. The molecule has 1 heterocycles. The predicted octanol–water partition coefficient (Wildman–Crippen LogP) is 3.27. The number of amides is 1. The number of hydrogen-bond acceptors (Lipinski definition) is 4. The number of benzene rings is 3. The average molecular weight is 389 g/mol. The number of rotatable bonds is 5. The second kappa shape index (κ2) is 7.97. The quantitative estimate of drug-likeness (QED) is 0.703. The Morgan fingerprint density at radius 1 is 0.931 bits per heavy atom. The third kappa shape index (κ3) is 3.69. The van der Waals surface area contributed by atoms with E-state index in [1.54, 1.807) is 19.1 Å². The first-order valence-corrected chi connectivity index (χ1v) is 9.61. The summed E-state index contributed by atoms with van der Waals surface area (Å²) in [6.45, 7) is 1.90. The predicted molar refractivity (Wildman–Crippen MR) is 110 cm³/mol. The number of hydrogen-bond donors (Lipinski definition) is 2. The summed E-state index contributed by atoms with van der Waals surface area (Å²) in [7, 11) is 0. The lowest BCUT2D eigenvalue weighted by atomic mass is 9.80. The SMILES string of the molecule is CC(NC(=O)C1COc2ccccc2O1)C(O)(c1ccccc1)c1ccccc1. The zero-order chi connectivity index (χ0) is 20.3. The normalized spacial score (nSPS) is 16.7.